The van der Waals surface area contributed by atoms with E-state index in [1.165, 1.54) is 12.1 Å². The summed E-state index contributed by atoms with van der Waals surface area (Å²) >= 11 is 0. The zero-order valence-electron chi connectivity index (χ0n) is 6.14. The molecule has 0 heterocycles. The van der Waals surface area contributed by atoms with Crippen LogP contribution in [0.25, 0.3) is 0 Å². The summed E-state index contributed by atoms with van der Waals surface area (Å²) in [5.74, 6) is -3.48. The molecule has 0 atom stereocenters. The molecule has 0 bridgehead atoms. The van der Waals surface area contributed by atoms with E-state index >= 15 is 0 Å². The predicted octanol–water partition coefficient (Wildman–Crippen LogP) is 1.67. The SMILES string of the molecule is N#CC(=O)c1cccc(F)c1F.[Cu]. The summed E-state index contributed by atoms with van der Waals surface area (Å²) < 4.78 is 25.1. The molecule has 0 saturated carbocycles. The fraction of sp³-hybridized carbons (Fsp3) is 0. The topological polar surface area (TPSA) is 40.9 Å². The molecule has 1 radical (unpaired) electrons. The minimum atomic E-state index is -1.27. The quantitative estimate of drug-likeness (QED) is 0.418. The summed E-state index contributed by atoms with van der Waals surface area (Å²) in [5.41, 5.74) is -0.530. The molecule has 0 saturated heterocycles. The molecule has 0 amide bonds. The van der Waals surface area contributed by atoms with Crippen LogP contribution in [0, 0.1) is 23.0 Å². The standard InChI is InChI=1S/C8H3F2NO.Cu/c9-6-3-1-2-5(8(6)10)7(12)4-11;/h1-3H;. The minimum absolute atomic E-state index is 0. The number of rotatable bonds is 1. The van der Waals surface area contributed by atoms with Crippen LogP contribution >= 0.6 is 0 Å². The Labute approximate surface area is 83.6 Å². The van der Waals surface area contributed by atoms with Gasteiger partial charge in [0.1, 0.15) is 6.07 Å². The first-order valence-electron chi connectivity index (χ1n) is 3.05. The Kier molecular flexibility index (Phi) is 4.26. The molecule has 1 aromatic rings. The molecule has 0 N–H and O–H groups in total. The average molecular weight is 231 g/mol. The molecule has 1 rings (SSSR count). The van der Waals surface area contributed by atoms with Gasteiger partial charge >= 0.3 is 0 Å². The largest absolute Gasteiger partial charge is 0.277 e. The van der Waals surface area contributed by atoms with E-state index in [0.29, 0.717) is 0 Å². The van der Waals surface area contributed by atoms with E-state index in [9.17, 15) is 13.6 Å². The van der Waals surface area contributed by atoms with Crippen molar-refractivity contribution in [2.45, 2.75) is 0 Å². The number of hydrogen-bond donors (Lipinski definition) is 0. The van der Waals surface area contributed by atoms with Gasteiger partial charge in [-0.15, -0.1) is 0 Å². The predicted molar refractivity (Wildman–Crippen MR) is 36.3 cm³/mol. The van der Waals surface area contributed by atoms with Gasteiger partial charge < -0.3 is 0 Å². The van der Waals surface area contributed by atoms with Gasteiger partial charge in [0.2, 0.25) is 0 Å². The first-order chi connectivity index (χ1) is 5.66. The van der Waals surface area contributed by atoms with E-state index < -0.39 is 23.0 Å². The number of hydrogen-bond acceptors (Lipinski definition) is 2. The van der Waals surface area contributed by atoms with Crippen LogP contribution < -0.4 is 0 Å². The fourth-order valence-electron chi connectivity index (χ4n) is 0.739. The van der Waals surface area contributed by atoms with Crippen molar-refractivity contribution in [3.05, 3.63) is 35.4 Å². The smallest absolute Gasteiger partial charge is 0.265 e. The van der Waals surface area contributed by atoms with E-state index in [-0.39, 0.29) is 17.1 Å². The number of carbonyl (C=O) groups is 1. The Morgan fingerprint density at radius 2 is 2.00 bits per heavy atom. The Bertz CT molecular complexity index is 373. The van der Waals surface area contributed by atoms with Crippen molar-refractivity contribution in [3.8, 4) is 6.07 Å². The number of carbonyl (C=O) groups excluding carboxylic acids is 1. The molecule has 0 aliphatic heterocycles. The summed E-state index contributed by atoms with van der Waals surface area (Å²) in [5, 5.41) is 8.11. The van der Waals surface area contributed by atoms with Gasteiger partial charge in [-0.05, 0) is 12.1 Å². The molecule has 2 nitrogen and oxygen atoms in total. The summed E-state index contributed by atoms with van der Waals surface area (Å²) in [7, 11) is 0. The van der Waals surface area contributed by atoms with E-state index in [2.05, 4.69) is 0 Å². The van der Waals surface area contributed by atoms with Crippen LogP contribution in [0.1, 0.15) is 10.4 Å². The second-order valence-corrected chi connectivity index (χ2v) is 2.04. The Morgan fingerprint density at radius 1 is 1.38 bits per heavy atom. The van der Waals surface area contributed by atoms with E-state index in [0.717, 1.165) is 12.1 Å². The molecule has 5 heteroatoms. The van der Waals surface area contributed by atoms with Crippen molar-refractivity contribution >= 4 is 5.78 Å². The normalized spacial score (nSPS) is 8.38. The number of Topliss-reactive ketones (excluding diaryl/α,β-unsaturated/α-hetero) is 1. The van der Waals surface area contributed by atoms with Crippen LogP contribution in [0.3, 0.4) is 0 Å². The molecular formula is C8H3CuF2NO. The van der Waals surface area contributed by atoms with Gasteiger partial charge in [0.15, 0.2) is 11.6 Å². The van der Waals surface area contributed by atoms with Crippen LogP contribution in [-0.4, -0.2) is 5.78 Å². The van der Waals surface area contributed by atoms with Gasteiger partial charge in [0.25, 0.3) is 5.78 Å². The van der Waals surface area contributed by atoms with Crippen LogP contribution in [-0.2, 0) is 17.1 Å². The molecule has 13 heavy (non-hydrogen) atoms. The fourth-order valence-corrected chi connectivity index (χ4v) is 0.739. The molecule has 0 aliphatic carbocycles. The van der Waals surface area contributed by atoms with Crippen LogP contribution in [0.15, 0.2) is 18.2 Å². The Hall–Kier alpha value is -1.24. The minimum Gasteiger partial charge on any atom is -0.277 e. The molecular weight excluding hydrogens is 228 g/mol. The second-order valence-electron chi connectivity index (χ2n) is 2.04. The van der Waals surface area contributed by atoms with Crippen molar-refractivity contribution in [3.63, 3.8) is 0 Å². The molecule has 0 fully saturated rings. The molecule has 0 aromatic heterocycles. The number of benzene rings is 1. The van der Waals surface area contributed by atoms with Gasteiger partial charge in [0.05, 0.1) is 5.56 Å². The summed E-state index contributed by atoms with van der Waals surface area (Å²) in [4.78, 5) is 10.6. The summed E-state index contributed by atoms with van der Waals surface area (Å²) in [6.45, 7) is 0. The van der Waals surface area contributed by atoms with Gasteiger partial charge in [-0.2, -0.15) is 5.26 Å². The van der Waals surface area contributed by atoms with Gasteiger partial charge in [-0.1, -0.05) is 6.07 Å². The number of nitriles is 1. The van der Waals surface area contributed by atoms with Crippen molar-refractivity contribution in [1.29, 1.82) is 5.26 Å². The molecule has 71 valence electrons. The van der Waals surface area contributed by atoms with Crippen molar-refractivity contribution in [1.82, 2.24) is 0 Å². The average Bonchev–Trinajstić information content (AvgIpc) is 2.08. The molecule has 0 unspecified atom stereocenters. The summed E-state index contributed by atoms with van der Waals surface area (Å²) in [6, 6.07) is 4.31. The molecule has 0 spiro atoms. The number of halogens is 2. The van der Waals surface area contributed by atoms with E-state index in [4.69, 9.17) is 5.26 Å². The van der Waals surface area contributed by atoms with Gasteiger partial charge in [0, 0.05) is 17.1 Å². The molecule has 1 aromatic carbocycles. The van der Waals surface area contributed by atoms with Gasteiger partial charge in [-0.25, -0.2) is 8.78 Å². The van der Waals surface area contributed by atoms with Crippen LogP contribution in [0.4, 0.5) is 8.78 Å². The molecule has 0 aliphatic rings. The maximum absolute atomic E-state index is 12.7. The first kappa shape index (κ1) is 11.8. The zero-order valence-corrected chi connectivity index (χ0v) is 7.09. The maximum atomic E-state index is 12.7. The van der Waals surface area contributed by atoms with E-state index in [1.54, 1.807) is 0 Å². The van der Waals surface area contributed by atoms with E-state index in [1.807, 2.05) is 0 Å². The third kappa shape index (κ3) is 2.35. The van der Waals surface area contributed by atoms with Gasteiger partial charge in [-0.3, -0.25) is 4.79 Å². The maximum Gasteiger partial charge on any atom is 0.265 e. The summed E-state index contributed by atoms with van der Waals surface area (Å²) in [6.07, 6.45) is 0. The monoisotopic (exact) mass is 230 g/mol. The Balaban J connectivity index is 0.00000144. The van der Waals surface area contributed by atoms with Crippen LogP contribution in [0.2, 0.25) is 0 Å². The van der Waals surface area contributed by atoms with Crippen LogP contribution in [0.5, 0.6) is 0 Å². The van der Waals surface area contributed by atoms with Crippen molar-refractivity contribution in [2.75, 3.05) is 0 Å². The third-order valence-corrected chi connectivity index (χ3v) is 1.30. The van der Waals surface area contributed by atoms with Crippen molar-refractivity contribution < 1.29 is 30.6 Å². The third-order valence-electron chi connectivity index (χ3n) is 1.30. The number of nitrogens with zero attached hydrogens (tertiary/aromatic N) is 1. The first-order valence-corrected chi connectivity index (χ1v) is 3.05. The Morgan fingerprint density at radius 3 is 2.54 bits per heavy atom. The zero-order chi connectivity index (χ0) is 9.14. The second kappa shape index (κ2) is 4.70. The van der Waals surface area contributed by atoms with Crippen molar-refractivity contribution in [2.24, 2.45) is 0 Å². The number of ketones is 1.